The van der Waals surface area contributed by atoms with Crippen molar-refractivity contribution >= 4 is 0 Å². The van der Waals surface area contributed by atoms with Crippen molar-refractivity contribution in [3.05, 3.63) is 35.7 Å². The summed E-state index contributed by atoms with van der Waals surface area (Å²) in [5.74, 6) is -0.146. The molecule has 0 aliphatic heterocycles. The monoisotopic (exact) mass is 153 g/mol. The molecule has 0 atom stereocenters. The highest BCUT2D eigenvalue weighted by Crippen LogP contribution is 2.10. The Labute approximate surface area is 66.3 Å². The molecule has 0 saturated heterocycles. The van der Waals surface area contributed by atoms with Gasteiger partial charge in [-0.2, -0.15) is 0 Å². The van der Waals surface area contributed by atoms with Gasteiger partial charge in [0.2, 0.25) is 0 Å². The third-order valence-electron chi connectivity index (χ3n) is 1.53. The average molecular weight is 153 g/mol. The quantitative estimate of drug-likeness (QED) is 0.639. The van der Waals surface area contributed by atoms with Crippen LogP contribution in [0.1, 0.15) is 6.42 Å². The molecule has 0 heterocycles. The van der Waals surface area contributed by atoms with E-state index in [2.05, 4.69) is 5.32 Å². The van der Waals surface area contributed by atoms with Gasteiger partial charge in [0.15, 0.2) is 0 Å². The third-order valence-corrected chi connectivity index (χ3v) is 1.53. The molecular formula is C9H12FN. The fraction of sp³-hybridized carbons (Fsp3) is 0.333. The smallest absolute Gasteiger partial charge is 0.119 e. The van der Waals surface area contributed by atoms with Crippen LogP contribution in [0.5, 0.6) is 0 Å². The van der Waals surface area contributed by atoms with Crippen molar-refractivity contribution in [3.63, 3.8) is 0 Å². The van der Waals surface area contributed by atoms with E-state index in [0.717, 1.165) is 12.1 Å². The molecule has 0 aromatic heterocycles. The highest BCUT2D eigenvalue weighted by atomic mass is 19.1. The van der Waals surface area contributed by atoms with E-state index in [4.69, 9.17) is 0 Å². The van der Waals surface area contributed by atoms with Crippen LogP contribution in [0.2, 0.25) is 0 Å². The Hall–Kier alpha value is -0.890. The first-order valence-corrected chi connectivity index (χ1v) is 3.70. The van der Waals surface area contributed by atoms with Crippen molar-refractivity contribution in [2.45, 2.75) is 6.42 Å². The Kier molecular flexibility index (Phi) is 3.05. The minimum absolute atomic E-state index is 0.146. The molecule has 1 N–H and O–H groups in total. The minimum Gasteiger partial charge on any atom is -0.316 e. The van der Waals surface area contributed by atoms with Crippen molar-refractivity contribution < 1.29 is 4.39 Å². The number of rotatable bonds is 2. The molecule has 0 spiro atoms. The predicted octanol–water partition coefficient (Wildman–Crippen LogP) is 1.95. The normalized spacial score (nSPS) is 17.3. The van der Waals surface area contributed by atoms with Crippen molar-refractivity contribution in [2.75, 3.05) is 13.6 Å². The Morgan fingerprint density at radius 1 is 1.45 bits per heavy atom. The van der Waals surface area contributed by atoms with Gasteiger partial charge in [0, 0.05) is 6.54 Å². The van der Waals surface area contributed by atoms with Crippen LogP contribution in [-0.4, -0.2) is 13.6 Å². The van der Waals surface area contributed by atoms with Gasteiger partial charge in [0.1, 0.15) is 5.83 Å². The maximum absolute atomic E-state index is 12.6. The van der Waals surface area contributed by atoms with Crippen LogP contribution in [0.15, 0.2) is 35.7 Å². The van der Waals surface area contributed by atoms with Gasteiger partial charge >= 0.3 is 0 Å². The van der Waals surface area contributed by atoms with Gasteiger partial charge in [0.05, 0.1) is 0 Å². The lowest BCUT2D eigenvalue weighted by Gasteiger charge is -1.97. The average Bonchev–Trinajstić information content (AvgIpc) is 2.17. The summed E-state index contributed by atoms with van der Waals surface area (Å²) in [5, 5.41) is 3.01. The van der Waals surface area contributed by atoms with E-state index in [9.17, 15) is 4.39 Å². The van der Waals surface area contributed by atoms with Crippen molar-refractivity contribution in [1.29, 1.82) is 0 Å². The topological polar surface area (TPSA) is 12.0 Å². The Morgan fingerprint density at radius 3 is 3.00 bits per heavy atom. The summed E-state index contributed by atoms with van der Waals surface area (Å²) in [6, 6.07) is 0. The summed E-state index contributed by atoms with van der Waals surface area (Å²) in [5.41, 5.74) is 1.14. The Morgan fingerprint density at radius 2 is 2.27 bits per heavy atom. The molecule has 0 fully saturated rings. The second-order valence-corrected chi connectivity index (χ2v) is 2.47. The van der Waals surface area contributed by atoms with Gasteiger partial charge in [-0.05, 0) is 31.2 Å². The fourth-order valence-corrected chi connectivity index (χ4v) is 0.981. The van der Waals surface area contributed by atoms with E-state index < -0.39 is 0 Å². The number of nitrogens with one attached hydrogen (secondary N) is 1. The van der Waals surface area contributed by atoms with Gasteiger partial charge in [-0.1, -0.05) is 12.2 Å². The summed E-state index contributed by atoms with van der Waals surface area (Å²) in [6.07, 6.45) is 7.57. The maximum Gasteiger partial charge on any atom is 0.119 e. The molecule has 1 aliphatic carbocycles. The van der Waals surface area contributed by atoms with E-state index in [1.165, 1.54) is 6.08 Å². The molecule has 0 unspecified atom stereocenters. The van der Waals surface area contributed by atoms with Crippen LogP contribution in [0, 0.1) is 0 Å². The predicted molar refractivity (Wildman–Crippen MR) is 45.0 cm³/mol. The largest absolute Gasteiger partial charge is 0.316 e. The molecule has 0 aromatic carbocycles. The highest BCUT2D eigenvalue weighted by Gasteiger charge is 1.95. The Bertz CT molecular complexity index is 214. The summed E-state index contributed by atoms with van der Waals surface area (Å²) < 4.78 is 12.6. The highest BCUT2D eigenvalue weighted by molar-refractivity contribution is 5.29. The van der Waals surface area contributed by atoms with Crippen LogP contribution in [-0.2, 0) is 0 Å². The minimum atomic E-state index is -0.146. The zero-order valence-corrected chi connectivity index (χ0v) is 6.60. The number of halogens is 1. The maximum atomic E-state index is 12.6. The zero-order chi connectivity index (χ0) is 8.10. The number of hydrogen-bond donors (Lipinski definition) is 1. The van der Waals surface area contributed by atoms with Crippen LogP contribution in [0.25, 0.3) is 0 Å². The molecular weight excluding hydrogens is 141 g/mol. The van der Waals surface area contributed by atoms with Crippen LogP contribution in [0.3, 0.4) is 0 Å². The summed E-state index contributed by atoms with van der Waals surface area (Å²) in [6.45, 7) is 0.803. The first kappa shape index (κ1) is 8.21. The number of likely N-dealkylation sites (N-methyl/N-ethyl adjacent to an activating group) is 1. The molecule has 0 aromatic rings. The van der Waals surface area contributed by atoms with Gasteiger partial charge in [-0.15, -0.1) is 0 Å². The van der Waals surface area contributed by atoms with Gasteiger partial charge in [0.25, 0.3) is 0 Å². The third kappa shape index (κ3) is 2.68. The summed E-state index contributed by atoms with van der Waals surface area (Å²) in [7, 11) is 1.88. The van der Waals surface area contributed by atoms with E-state index in [0.29, 0.717) is 6.42 Å². The molecule has 1 rings (SSSR count). The standard InChI is InChI=1S/C9H12FN/c1-11-7-8-3-2-4-9(10)6-5-8/h3-6,11H,2,7H2,1H3. The molecule has 11 heavy (non-hydrogen) atoms. The molecule has 0 saturated carbocycles. The zero-order valence-electron chi connectivity index (χ0n) is 6.60. The van der Waals surface area contributed by atoms with Crippen molar-refractivity contribution in [3.8, 4) is 0 Å². The second kappa shape index (κ2) is 4.09. The van der Waals surface area contributed by atoms with E-state index in [1.54, 1.807) is 12.2 Å². The molecule has 2 heteroatoms. The lowest BCUT2D eigenvalue weighted by molar-refractivity contribution is 0.663. The number of hydrogen-bond acceptors (Lipinski definition) is 1. The molecule has 1 aliphatic rings. The molecule has 60 valence electrons. The van der Waals surface area contributed by atoms with Crippen molar-refractivity contribution in [1.82, 2.24) is 5.32 Å². The first-order chi connectivity index (χ1) is 5.33. The number of allylic oxidation sites excluding steroid dienone is 4. The summed E-state index contributed by atoms with van der Waals surface area (Å²) in [4.78, 5) is 0. The Balaban J connectivity index is 2.58. The lowest BCUT2D eigenvalue weighted by Crippen LogP contribution is -2.08. The van der Waals surface area contributed by atoms with Gasteiger partial charge in [-0.25, -0.2) is 4.39 Å². The van der Waals surface area contributed by atoms with E-state index in [-0.39, 0.29) is 5.83 Å². The first-order valence-electron chi connectivity index (χ1n) is 3.70. The van der Waals surface area contributed by atoms with Crippen molar-refractivity contribution in [2.24, 2.45) is 0 Å². The summed E-state index contributed by atoms with van der Waals surface area (Å²) >= 11 is 0. The second-order valence-electron chi connectivity index (χ2n) is 2.47. The lowest BCUT2D eigenvalue weighted by atomic mass is 10.2. The SMILES string of the molecule is CNCC1=CCC=C(F)C=C1. The molecule has 1 nitrogen and oxygen atoms in total. The van der Waals surface area contributed by atoms with Crippen LogP contribution < -0.4 is 5.32 Å². The molecule has 0 amide bonds. The fourth-order valence-electron chi connectivity index (χ4n) is 0.981. The van der Waals surface area contributed by atoms with E-state index in [1.807, 2.05) is 13.1 Å². The van der Waals surface area contributed by atoms with Gasteiger partial charge < -0.3 is 5.32 Å². The van der Waals surface area contributed by atoms with E-state index >= 15 is 0 Å². The van der Waals surface area contributed by atoms with Crippen LogP contribution in [0.4, 0.5) is 4.39 Å². The molecule has 0 radical (unpaired) electrons. The molecule has 0 bridgehead atoms. The van der Waals surface area contributed by atoms with Crippen LogP contribution >= 0.6 is 0 Å². The van der Waals surface area contributed by atoms with Gasteiger partial charge in [-0.3, -0.25) is 0 Å².